The standard InChI is InChI=1S/C15H14ClN3OS/c1-9(10-4-3-5-11(8-10)20-2)17-14-12(16)6-7-13-15(14)19-21-18-13/h3-9,17H,1-2H3. The largest absolute Gasteiger partial charge is 0.497 e. The van der Waals surface area contributed by atoms with E-state index in [1.165, 1.54) is 11.7 Å². The zero-order valence-electron chi connectivity index (χ0n) is 11.6. The van der Waals surface area contributed by atoms with Crippen molar-refractivity contribution in [3.63, 3.8) is 0 Å². The fourth-order valence-electron chi connectivity index (χ4n) is 2.17. The van der Waals surface area contributed by atoms with Crippen LogP contribution in [0.2, 0.25) is 5.02 Å². The van der Waals surface area contributed by atoms with Gasteiger partial charge in [-0.2, -0.15) is 8.75 Å². The monoisotopic (exact) mass is 319 g/mol. The minimum absolute atomic E-state index is 0.0740. The highest BCUT2D eigenvalue weighted by atomic mass is 35.5. The van der Waals surface area contributed by atoms with Gasteiger partial charge in [0.25, 0.3) is 0 Å². The molecule has 2 aromatic carbocycles. The molecule has 0 bridgehead atoms. The van der Waals surface area contributed by atoms with Gasteiger partial charge in [-0.15, -0.1) is 0 Å². The molecule has 4 nitrogen and oxygen atoms in total. The minimum Gasteiger partial charge on any atom is -0.497 e. The number of methoxy groups -OCH3 is 1. The van der Waals surface area contributed by atoms with Crippen LogP contribution in [-0.4, -0.2) is 15.9 Å². The Hall–Kier alpha value is -1.85. The number of fused-ring (bicyclic) bond motifs is 1. The number of ether oxygens (including phenoxy) is 1. The first-order valence-corrected chi connectivity index (χ1v) is 7.61. The van der Waals surface area contributed by atoms with Gasteiger partial charge in [-0.3, -0.25) is 0 Å². The summed E-state index contributed by atoms with van der Waals surface area (Å²) >= 11 is 7.49. The van der Waals surface area contributed by atoms with E-state index in [4.69, 9.17) is 16.3 Å². The van der Waals surface area contributed by atoms with Crippen LogP contribution < -0.4 is 10.1 Å². The molecule has 0 aliphatic heterocycles. The van der Waals surface area contributed by atoms with Gasteiger partial charge in [-0.25, -0.2) is 0 Å². The number of hydrogen-bond acceptors (Lipinski definition) is 5. The summed E-state index contributed by atoms with van der Waals surface area (Å²) in [4.78, 5) is 0. The third-order valence-corrected chi connectivity index (χ3v) is 4.19. The summed E-state index contributed by atoms with van der Waals surface area (Å²) in [6.07, 6.45) is 0. The summed E-state index contributed by atoms with van der Waals surface area (Å²) in [6.45, 7) is 2.07. The summed E-state index contributed by atoms with van der Waals surface area (Å²) in [5.74, 6) is 0.834. The molecule has 3 aromatic rings. The van der Waals surface area contributed by atoms with Gasteiger partial charge < -0.3 is 10.1 Å². The lowest BCUT2D eigenvalue weighted by Crippen LogP contribution is -2.07. The van der Waals surface area contributed by atoms with Gasteiger partial charge in [-0.05, 0) is 36.8 Å². The van der Waals surface area contributed by atoms with Gasteiger partial charge in [0.15, 0.2) is 0 Å². The van der Waals surface area contributed by atoms with Crippen molar-refractivity contribution in [3.8, 4) is 5.75 Å². The maximum atomic E-state index is 6.30. The molecule has 0 saturated heterocycles. The van der Waals surface area contributed by atoms with Crippen LogP contribution in [0.5, 0.6) is 5.75 Å². The molecular weight excluding hydrogens is 306 g/mol. The number of anilines is 1. The van der Waals surface area contributed by atoms with E-state index in [9.17, 15) is 0 Å². The van der Waals surface area contributed by atoms with Gasteiger partial charge in [-0.1, -0.05) is 23.7 Å². The Morgan fingerprint density at radius 1 is 1.24 bits per heavy atom. The average molecular weight is 320 g/mol. The summed E-state index contributed by atoms with van der Waals surface area (Å²) in [5.41, 5.74) is 3.59. The van der Waals surface area contributed by atoms with Crippen LogP contribution in [0.25, 0.3) is 11.0 Å². The molecule has 1 N–H and O–H groups in total. The molecule has 108 valence electrons. The summed E-state index contributed by atoms with van der Waals surface area (Å²) in [5, 5.41) is 4.07. The Labute approximate surface area is 132 Å². The van der Waals surface area contributed by atoms with E-state index in [1.54, 1.807) is 7.11 Å². The number of halogens is 1. The van der Waals surface area contributed by atoms with Gasteiger partial charge in [0.1, 0.15) is 16.8 Å². The predicted octanol–water partition coefficient (Wildman–Crippen LogP) is 4.53. The number of rotatable bonds is 4. The number of benzene rings is 2. The first kappa shape index (κ1) is 14.1. The molecule has 0 radical (unpaired) electrons. The Bertz CT molecular complexity index is 774. The molecule has 21 heavy (non-hydrogen) atoms. The zero-order valence-corrected chi connectivity index (χ0v) is 13.2. The molecule has 6 heteroatoms. The molecule has 0 spiro atoms. The number of nitrogens with zero attached hydrogens (tertiary/aromatic N) is 2. The zero-order chi connectivity index (χ0) is 14.8. The van der Waals surface area contributed by atoms with Crippen molar-refractivity contribution in [1.29, 1.82) is 0 Å². The minimum atomic E-state index is 0.0740. The molecule has 0 aliphatic carbocycles. The maximum Gasteiger partial charge on any atom is 0.129 e. The molecular formula is C15H14ClN3OS. The molecule has 1 aromatic heterocycles. The van der Waals surface area contributed by atoms with Crippen LogP contribution in [-0.2, 0) is 0 Å². The highest BCUT2D eigenvalue weighted by molar-refractivity contribution is 7.00. The Kier molecular flexibility index (Phi) is 3.94. The third kappa shape index (κ3) is 2.80. The van der Waals surface area contributed by atoms with E-state index in [0.717, 1.165) is 28.0 Å². The van der Waals surface area contributed by atoms with Crippen molar-refractivity contribution in [2.24, 2.45) is 0 Å². The van der Waals surface area contributed by atoms with Gasteiger partial charge in [0, 0.05) is 6.04 Å². The fraction of sp³-hybridized carbons (Fsp3) is 0.200. The fourth-order valence-corrected chi connectivity index (χ4v) is 2.92. The molecule has 0 saturated carbocycles. The van der Waals surface area contributed by atoms with Crippen molar-refractivity contribution in [2.75, 3.05) is 12.4 Å². The summed E-state index contributed by atoms with van der Waals surface area (Å²) in [7, 11) is 1.66. The van der Waals surface area contributed by atoms with Crippen LogP contribution in [0.15, 0.2) is 36.4 Å². The highest BCUT2D eigenvalue weighted by Crippen LogP contribution is 2.33. The van der Waals surface area contributed by atoms with E-state index in [1.807, 2.05) is 36.4 Å². The van der Waals surface area contributed by atoms with Gasteiger partial charge in [0.05, 0.1) is 29.5 Å². The lowest BCUT2D eigenvalue weighted by Gasteiger charge is -2.17. The van der Waals surface area contributed by atoms with Crippen LogP contribution in [0, 0.1) is 0 Å². The van der Waals surface area contributed by atoms with E-state index >= 15 is 0 Å². The molecule has 1 heterocycles. The molecule has 1 unspecified atom stereocenters. The number of aromatic nitrogens is 2. The third-order valence-electron chi connectivity index (χ3n) is 3.33. The quantitative estimate of drug-likeness (QED) is 0.767. The average Bonchev–Trinajstić information content (AvgIpc) is 2.99. The summed E-state index contributed by atoms with van der Waals surface area (Å²) in [6, 6.07) is 11.7. The van der Waals surface area contributed by atoms with Crippen LogP contribution >= 0.6 is 23.3 Å². The van der Waals surface area contributed by atoms with Crippen molar-refractivity contribution in [1.82, 2.24) is 8.75 Å². The molecule has 0 amide bonds. The Morgan fingerprint density at radius 2 is 2.10 bits per heavy atom. The normalized spacial score (nSPS) is 12.3. The van der Waals surface area contributed by atoms with E-state index in [-0.39, 0.29) is 6.04 Å². The molecule has 1 atom stereocenters. The van der Waals surface area contributed by atoms with E-state index in [0.29, 0.717) is 5.02 Å². The number of nitrogens with one attached hydrogen (secondary N) is 1. The molecule has 0 aliphatic rings. The van der Waals surface area contributed by atoms with Crippen molar-refractivity contribution < 1.29 is 4.74 Å². The van der Waals surface area contributed by atoms with Crippen LogP contribution in [0.1, 0.15) is 18.5 Å². The lowest BCUT2D eigenvalue weighted by molar-refractivity contribution is 0.414. The maximum absolute atomic E-state index is 6.30. The van der Waals surface area contributed by atoms with Crippen molar-refractivity contribution >= 4 is 40.0 Å². The van der Waals surface area contributed by atoms with E-state index < -0.39 is 0 Å². The predicted molar refractivity (Wildman–Crippen MR) is 87.5 cm³/mol. The summed E-state index contributed by atoms with van der Waals surface area (Å²) < 4.78 is 13.8. The smallest absolute Gasteiger partial charge is 0.129 e. The first-order valence-electron chi connectivity index (χ1n) is 6.50. The first-order chi connectivity index (χ1) is 10.2. The van der Waals surface area contributed by atoms with E-state index in [2.05, 4.69) is 21.0 Å². The second-order valence-electron chi connectivity index (χ2n) is 4.70. The number of hydrogen-bond donors (Lipinski definition) is 1. The second kappa shape index (κ2) is 5.87. The molecule has 3 rings (SSSR count). The Balaban J connectivity index is 1.94. The molecule has 0 fully saturated rings. The van der Waals surface area contributed by atoms with Gasteiger partial charge in [0.2, 0.25) is 0 Å². The van der Waals surface area contributed by atoms with Crippen molar-refractivity contribution in [2.45, 2.75) is 13.0 Å². The van der Waals surface area contributed by atoms with Gasteiger partial charge >= 0.3 is 0 Å². The SMILES string of the molecule is COc1cccc(C(C)Nc2c(Cl)ccc3nsnc23)c1. The Morgan fingerprint density at radius 3 is 2.90 bits per heavy atom. The highest BCUT2D eigenvalue weighted by Gasteiger charge is 2.13. The topological polar surface area (TPSA) is 47.0 Å². The van der Waals surface area contributed by atoms with Crippen molar-refractivity contribution in [3.05, 3.63) is 47.0 Å². The van der Waals surface area contributed by atoms with Crippen LogP contribution in [0.4, 0.5) is 5.69 Å². The lowest BCUT2D eigenvalue weighted by atomic mass is 10.1. The second-order valence-corrected chi connectivity index (χ2v) is 5.63. The van der Waals surface area contributed by atoms with Crippen LogP contribution in [0.3, 0.4) is 0 Å².